The molecule has 1 aromatic heterocycles. The maximum absolute atomic E-state index is 12.5. The Morgan fingerprint density at radius 1 is 1.30 bits per heavy atom. The number of carbonyl (C=O) groups is 1. The largest absolute Gasteiger partial charge is 0.331 e. The molecule has 2 aliphatic heterocycles. The van der Waals surface area contributed by atoms with Gasteiger partial charge in [-0.3, -0.25) is 4.79 Å². The van der Waals surface area contributed by atoms with E-state index in [-0.39, 0.29) is 5.54 Å². The number of rotatable bonds is 5. The van der Waals surface area contributed by atoms with Gasteiger partial charge in [0.05, 0.1) is 17.2 Å². The molecule has 0 saturated carbocycles. The summed E-state index contributed by atoms with van der Waals surface area (Å²) >= 11 is 1.68. The zero-order valence-electron chi connectivity index (χ0n) is 14.5. The van der Waals surface area contributed by atoms with Gasteiger partial charge in [-0.05, 0) is 52.1 Å². The molecule has 23 heavy (non-hydrogen) atoms. The molecular formula is C18H29N3OS. The van der Waals surface area contributed by atoms with Crippen LogP contribution in [0.3, 0.4) is 0 Å². The van der Waals surface area contributed by atoms with Crippen LogP contribution in [0.2, 0.25) is 0 Å². The number of amides is 1. The fourth-order valence-electron chi connectivity index (χ4n) is 4.13. The van der Waals surface area contributed by atoms with E-state index >= 15 is 0 Å². The van der Waals surface area contributed by atoms with Gasteiger partial charge in [0.1, 0.15) is 0 Å². The highest BCUT2D eigenvalue weighted by atomic mass is 32.1. The molecule has 1 amide bonds. The molecule has 0 radical (unpaired) electrons. The van der Waals surface area contributed by atoms with Crippen LogP contribution >= 0.6 is 11.3 Å². The Kier molecular flexibility index (Phi) is 5.37. The minimum absolute atomic E-state index is 0.0928. The number of unbranched alkanes of at least 4 members (excludes halogenated alkanes) is 1. The second kappa shape index (κ2) is 7.31. The lowest BCUT2D eigenvalue weighted by Crippen LogP contribution is -2.46. The fraction of sp³-hybridized carbons (Fsp3) is 0.778. The SMILES string of the molecule is CCCCN1CCCC2(CCC(=O)N2Cc2csc(C)n2)CC1. The molecule has 1 spiro atoms. The predicted molar refractivity (Wildman–Crippen MR) is 94.6 cm³/mol. The molecule has 1 aromatic rings. The zero-order chi connectivity index (χ0) is 16.3. The van der Waals surface area contributed by atoms with Crippen LogP contribution in [0.1, 0.15) is 62.6 Å². The number of thiazole rings is 1. The lowest BCUT2D eigenvalue weighted by Gasteiger charge is -2.38. The third kappa shape index (κ3) is 3.77. The summed E-state index contributed by atoms with van der Waals surface area (Å²) in [5.74, 6) is 0.331. The van der Waals surface area contributed by atoms with E-state index in [9.17, 15) is 4.79 Å². The highest BCUT2D eigenvalue weighted by Crippen LogP contribution is 2.40. The van der Waals surface area contributed by atoms with Gasteiger partial charge in [-0.25, -0.2) is 4.98 Å². The second-order valence-electron chi connectivity index (χ2n) is 7.11. The quantitative estimate of drug-likeness (QED) is 0.825. The number of carbonyl (C=O) groups excluding carboxylic acids is 1. The molecule has 5 heteroatoms. The number of likely N-dealkylation sites (tertiary alicyclic amines) is 2. The van der Waals surface area contributed by atoms with E-state index in [0.29, 0.717) is 12.5 Å². The molecule has 1 unspecified atom stereocenters. The van der Waals surface area contributed by atoms with Crippen LogP contribution in [-0.4, -0.2) is 45.9 Å². The fourth-order valence-corrected chi connectivity index (χ4v) is 4.74. The van der Waals surface area contributed by atoms with Crippen molar-refractivity contribution in [1.29, 1.82) is 0 Å². The molecule has 3 heterocycles. The molecule has 1 atom stereocenters. The van der Waals surface area contributed by atoms with E-state index < -0.39 is 0 Å². The monoisotopic (exact) mass is 335 g/mol. The highest BCUT2D eigenvalue weighted by Gasteiger charge is 2.45. The van der Waals surface area contributed by atoms with E-state index in [1.165, 1.54) is 32.4 Å². The average molecular weight is 336 g/mol. The topological polar surface area (TPSA) is 36.4 Å². The summed E-state index contributed by atoms with van der Waals surface area (Å²) in [7, 11) is 0. The van der Waals surface area contributed by atoms with Crippen molar-refractivity contribution < 1.29 is 4.79 Å². The molecule has 128 valence electrons. The van der Waals surface area contributed by atoms with Crippen molar-refractivity contribution in [2.75, 3.05) is 19.6 Å². The first-order valence-corrected chi connectivity index (χ1v) is 9.95. The number of hydrogen-bond acceptors (Lipinski definition) is 4. The van der Waals surface area contributed by atoms with Crippen LogP contribution in [-0.2, 0) is 11.3 Å². The molecule has 2 aliphatic rings. The Morgan fingerprint density at radius 3 is 2.91 bits per heavy atom. The Morgan fingerprint density at radius 2 is 2.17 bits per heavy atom. The lowest BCUT2D eigenvalue weighted by atomic mass is 9.87. The number of aryl methyl sites for hydroxylation is 1. The van der Waals surface area contributed by atoms with Crippen LogP contribution in [0.15, 0.2) is 5.38 Å². The van der Waals surface area contributed by atoms with Crippen LogP contribution in [0.5, 0.6) is 0 Å². The van der Waals surface area contributed by atoms with Gasteiger partial charge in [0.25, 0.3) is 0 Å². The summed E-state index contributed by atoms with van der Waals surface area (Å²) in [6.07, 6.45) is 7.80. The van der Waals surface area contributed by atoms with Gasteiger partial charge >= 0.3 is 0 Å². The number of hydrogen-bond donors (Lipinski definition) is 0. The van der Waals surface area contributed by atoms with Gasteiger partial charge in [-0.1, -0.05) is 13.3 Å². The van der Waals surface area contributed by atoms with Crippen molar-refractivity contribution >= 4 is 17.2 Å². The Balaban J connectivity index is 1.69. The molecule has 0 bridgehead atoms. The minimum atomic E-state index is 0.0928. The van der Waals surface area contributed by atoms with Crippen LogP contribution in [0.4, 0.5) is 0 Å². The standard InChI is InChI=1S/C18H29N3OS/c1-3-4-10-20-11-5-7-18(9-12-20)8-6-17(22)21(18)13-16-14-23-15(2)19-16/h14H,3-13H2,1-2H3. The van der Waals surface area contributed by atoms with Gasteiger partial charge in [-0.2, -0.15) is 0 Å². The summed E-state index contributed by atoms with van der Waals surface area (Å²) in [5, 5.41) is 3.20. The maximum Gasteiger partial charge on any atom is 0.223 e. The van der Waals surface area contributed by atoms with Crippen molar-refractivity contribution in [2.24, 2.45) is 0 Å². The molecule has 4 nitrogen and oxygen atoms in total. The molecule has 2 fully saturated rings. The van der Waals surface area contributed by atoms with E-state index in [2.05, 4.69) is 27.1 Å². The van der Waals surface area contributed by atoms with E-state index in [1.54, 1.807) is 11.3 Å². The summed E-state index contributed by atoms with van der Waals surface area (Å²) < 4.78 is 0. The molecule has 2 saturated heterocycles. The number of aromatic nitrogens is 1. The third-order valence-corrected chi connectivity index (χ3v) is 6.32. The summed E-state index contributed by atoms with van der Waals surface area (Å²) in [6.45, 7) is 8.54. The van der Waals surface area contributed by atoms with Crippen molar-refractivity contribution in [3.05, 3.63) is 16.1 Å². The molecule has 0 aliphatic carbocycles. The molecule has 3 rings (SSSR count). The van der Waals surface area contributed by atoms with Gasteiger partial charge in [0, 0.05) is 23.9 Å². The molecule has 0 N–H and O–H groups in total. The van der Waals surface area contributed by atoms with Crippen LogP contribution in [0.25, 0.3) is 0 Å². The first-order valence-electron chi connectivity index (χ1n) is 9.07. The zero-order valence-corrected chi connectivity index (χ0v) is 15.3. The Labute approximate surface area is 143 Å². The van der Waals surface area contributed by atoms with Crippen molar-refractivity contribution in [2.45, 2.75) is 70.9 Å². The highest BCUT2D eigenvalue weighted by molar-refractivity contribution is 7.09. The summed E-state index contributed by atoms with van der Waals surface area (Å²) in [4.78, 5) is 21.9. The van der Waals surface area contributed by atoms with Gasteiger partial charge < -0.3 is 9.80 Å². The maximum atomic E-state index is 12.5. The lowest BCUT2D eigenvalue weighted by molar-refractivity contribution is -0.132. The Hall–Kier alpha value is -0.940. The predicted octanol–water partition coefficient (Wildman–Crippen LogP) is 3.60. The molecular weight excluding hydrogens is 306 g/mol. The van der Waals surface area contributed by atoms with Crippen molar-refractivity contribution in [3.8, 4) is 0 Å². The van der Waals surface area contributed by atoms with Gasteiger partial charge in [-0.15, -0.1) is 11.3 Å². The number of nitrogens with zero attached hydrogens (tertiary/aromatic N) is 3. The minimum Gasteiger partial charge on any atom is -0.331 e. The summed E-state index contributed by atoms with van der Waals surface area (Å²) in [6, 6.07) is 0. The summed E-state index contributed by atoms with van der Waals surface area (Å²) in [5.41, 5.74) is 1.16. The van der Waals surface area contributed by atoms with Crippen LogP contribution in [0, 0.1) is 6.92 Å². The first-order chi connectivity index (χ1) is 11.1. The van der Waals surface area contributed by atoms with Crippen molar-refractivity contribution in [1.82, 2.24) is 14.8 Å². The van der Waals surface area contributed by atoms with Crippen LogP contribution < -0.4 is 0 Å². The van der Waals surface area contributed by atoms with E-state index in [4.69, 9.17) is 0 Å². The van der Waals surface area contributed by atoms with E-state index in [0.717, 1.165) is 42.9 Å². The van der Waals surface area contributed by atoms with Crippen molar-refractivity contribution in [3.63, 3.8) is 0 Å². The first kappa shape index (κ1) is 16.9. The Bertz CT molecular complexity index is 544. The van der Waals surface area contributed by atoms with Gasteiger partial charge in [0.15, 0.2) is 0 Å². The normalized spacial score (nSPS) is 26.2. The smallest absolute Gasteiger partial charge is 0.223 e. The van der Waals surface area contributed by atoms with Gasteiger partial charge in [0.2, 0.25) is 5.91 Å². The third-order valence-electron chi connectivity index (χ3n) is 5.50. The molecule has 0 aromatic carbocycles. The van der Waals surface area contributed by atoms with E-state index in [1.807, 2.05) is 6.92 Å². The second-order valence-corrected chi connectivity index (χ2v) is 8.17. The average Bonchev–Trinajstić information content (AvgIpc) is 3.00.